The second-order valence-corrected chi connectivity index (χ2v) is 5.72. The van der Waals surface area contributed by atoms with Gasteiger partial charge in [0.25, 0.3) is 0 Å². The molecular formula is C17H29FN2O. The van der Waals surface area contributed by atoms with Gasteiger partial charge < -0.3 is 15.3 Å². The predicted molar refractivity (Wildman–Crippen MR) is 87.3 cm³/mol. The molecule has 4 heteroatoms. The number of nitrogens with zero attached hydrogens (tertiary/aromatic N) is 1. The van der Waals surface area contributed by atoms with Gasteiger partial charge >= 0.3 is 0 Å². The summed E-state index contributed by atoms with van der Waals surface area (Å²) in [4.78, 5) is 2.06. The Balaban J connectivity index is 2.49. The van der Waals surface area contributed by atoms with E-state index in [0.717, 1.165) is 44.5 Å². The molecular weight excluding hydrogens is 267 g/mol. The highest BCUT2D eigenvalue weighted by Crippen LogP contribution is 2.19. The van der Waals surface area contributed by atoms with E-state index in [0.29, 0.717) is 0 Å². The molecule has 21 heavy (non-hydrogen) atoms. The van der Waals surface area contributed by atoms with Crippen molar-refractivity contribution in [2.45, 2.75) is 45.1 Å². The molecule has 1 rings (SSSR count). The van der Waals surface area contributed by atoms with Crippen LogP contribution in [0.25, 0.3) is 0 Å². The van der Waals surface area contributed by atoms with E-state index >= 15 is 0 Å². The van der Waals surface area contributed by atoms with E-state index in [2.05, 4.69) is 24.1 Å². The summed E-state index contributed by atoms with van der Waals surface area (Å²) in [5.74, 6) is -0.206. The molecule has 1 unspecified atom stereocenters. The van der Waals surface area contributed by atoms with Gasteiger partial charge in [0.05, 0.1) is 6.61 Å². The van der Waals surface area contributed by atoms with Crippen LogP contribution < -0.4 is 10.2 Å². The molecule has 0 saturated carbocycles. The minimum absolute atomic E-state index is 0.160. The summed E-state index contributed by atoms with van der Waals surface area (Å²) >= 11 is 0. The Hall–Kier alpha value is -1.13. The molecule has 0 aromatic heterocycles. The lowest BCUT2D eigenvalue weighted by molar-refractivity contribution is 0.145. The highest BCUT2D eigenvalue weighted by Gasteiger charge is 2.25. The molecule has 0 saturated heterocycles. The first-order valence-corrected chi connectivity index (χ1v) is 7.89. The van der Waals surface area contributed by atoms with Gasteiger partial charge in [0.1, 0.15) is 5.82 Å². The van der Waals surface area contributed by atoms with Crippen LogP contribution in [0.2, 0.25) is 0 Å². The smallest absolute Gasteiger partial charge is 0.125 e. The van der Waals surface area contributed by atoms with Crippen molar-refractivity contribution in [3.05, 3.63) is 30.1 Å². The third-order valence-corrected chi connectivity index (χ3v) is 4.13. The highest BCUT2D eigenvalue weighted by molar-refractivity contribution is 5.45. The van der Waals surface area contributed by atoms with Gasteiger partial charge in [-0.15, -0.1) is 0 Å². The Morgan fingerprint density at radius 3 is 2.67 bits per heavy atom. The van der Waals surface area contributed by atoms with Crippen LogP contribution in [0.1, 0.15) is 39.5 Å². The molecule has 0 bridgehead atoms. The lowest BCUT2D eigenvalue weighted by Crippen LogP contribution is -2.48. The molecule has 3 nitrogen and oxygen atoms in total. The number of halogens is 1. The van der Waals surface area contributed by atoms with E-state index in [1.165, 1.54) is 6.07 Å². The van der Waals surface area contributed by atoms with Crippen molar-refractivity contribution in [3.63, 3.8) is 0 Å². The first-order chi connectivity index (χ1) is 10.1. The van der Waals surface area contributed by atoms with E-state index < -0.39 is 0 Å². The molecule has 1 atom stereocenters. The summed E-state index contributed by atoms with van der Waals surface area (Å²) in [6, 6.07) is 6.65. The maximum Gasteiger partial charge on any atom is 0.125 e. The number of benzene rings is 1. The van der Waals surface area contributed by atoms with Crippen LogP contribution in [0.4, 0.5) is 10.1 Å². The van der Waals surface area contributed by atoms with Crippen LogP contribution in [0, 0.1) is 5.82 Å². The number of nitrogens with one attached hydrogen (secondary N) is 1. The summed E-state index contributed by atoms with van der Waals surface area (Å²) in [7, 11) is 1.97. The highest BCUT2D eigenvalue weighted by atomic mass is 19.1. The van der Waals surface area contributed by atoms with E-state index in [-0.39, 0.29) is 18.0 Å². The zero-order valence-corrected chi connectivity index (χ0v) is 13.5. The summed E-state index contributed by atoms with van der Waals surface area (Å²) in [6.45, 7) is 6.16. The third-order valence-electron chi connectivity index (χ3n) is 4.13. The van der Waals surface area contributed by atoms with Gasteiger partial charge in [0.2, 0.25) is 0 Å². The van der Waals surface area contributed by atoms with Crippen molar-refractivity contribution in [3.8, 4) is 0 Å². The molecule has 0 heterocycles. The fraction of sp³-hybridized carbons (Fsp3) is 0.647. The Bertz CT molecular complexity index is 408. The summed E-state index contributed by atoms with van der Waals surface area (Å²) in [6.07, 6.45) is 3.84. The lowest BCUT2D eigenvalue weighted by atomic mass is 9.91. The number of anilines is 1. The van der Waals surface area contributed by atoms with Crippen molar-refractivity contribution in [2.75, 3.05) is 31.6 Å². The van der Waals surface area contributed by atoms with E-state index in [1.807, 2.05) is 13.1 Å². The molecule has 0 aliphatic heterocycles. The second-order valence-electron chi connectivity index (χ2n) is 5.72. The summed E-state index contributed by atoms with van der Waals surface area (Å²) < 4.78 is 13.2. The summed E-state index contributed by atoms with van der Waals surface area (Å²) in [5, 5.41) is 13.2. The zero-order valence-electron chi connectivity index (χ0n) is 13.5. The molecule has 0 spiro atoms. The van der Waals surface area contributed by atoms with Crippen molar-refractivity contribution in [1.29, 1.82) is 0 Å². The molecule has 120 valence electrons. The standard InChI is InChI=1S/C17H29FN2O/c1-4-11-19-17(5-2,14-21)10-7-12-20(3)16-9-6-8-15(18)13-16/h6,8-9,13,19,21H,4-5,7,10-12,14H2,1-3H3. The molecule has 1 aromatic rings. The van der Waals surface area contributed by atoms with Crippen molar-refractivity contribution < 1.29 is 9.50 Å². The van der Waals surface area contributed by atoms with Crippen LogP contribution in [-0.2, 0) is 0 Å². The molecule has 0 fully saturated rings. The molecule has 0 amide bonds. The van der Waals surface area contributed by atoms with Crippen LogP contribution in [0.3, 0.4) is 0 Å². The Morgan fingerprint density at radius 1 is 1.33 bits per heavy atom. The quantitative estimate of drug-likeness (QED) is 0.696. The molecule has 0 aliphatic rings. The first kappa shape index (κ1) is 17.9. The van der Waals surface area contributed by atoms with Crippen molar-refractivity contribution in [1.82, 2.24) is 5.32 Å². The minimum atomic E-state index is -0.206. The average molecular weight is 296 g/mol. The SMILES string of the molecule is CCCNC(CC)(CO)CCCN(C)c1cccc(F)c1. The summed E-state index contributed by atoms with van der Waals surface area (Å²) in [5.41, 5.74) is 0.710. The second kappa shape index (κ2) is 9.00. The van der Waals surface area contributed by atoms with Gasteiger partial charge in [-0.3, -0.25) is 0 Å². The molecule has 2 N–H and O–H groups in total. The molecule has 1 aromatic carbocycles. The third kappa shape index (κ3) is 5.64. The maximum absolute atomic E-state index is 13.2. The van der Waals surface area contributed by atoms with E-state index in [1.54, 1.807) is 12.1 Å². The van der Waals surface area contributed by atoms with Crippen molar-refractivity contribution >= 4 is 5.69 Å². The van der Waals surface area contributed by atoms with Crippen LogP contribution >= 0.6 is 0 Å². The number of hydrogen-bond donors (Lipinski definition) is 2. The van der Waals surface area contributed by atoms with Gasteiger partial charge in [0.15, 0.2) is 0 Å². The van der Waals surface area contributed by atoms with Gasteiger partial charge in [0, 0.05) is 24.8 Å². The maximum atomic E-state index is 13.2. The Kier molecular flexibility index (Phi) is 7.68. The van der Waals surface area contributed by atoms with Crippen LogP contribution in [-0.4, -0.2) is 37.4 Å². The minimum Gasteiger partial charge on any atom is -0.394 e. The van der Waals surface area contributed by atoms with Gasteiger partial charge in [-0.2, -0.15) is 0 Å². The van der Waals surface area contributed by atoms with Crippen LogP contribution in [0.5, 0.6) is 0 Å². The van der Waals surface area contributed by atoms with E-state index in [9.17, 15) is 9.50 Å². The number of aliphatic hydroxyl groups excluding tert-OH is 1. The zero-order chi connectivity index (χ0) is 15.7. The monoisotopic (exact) mass is 296 g/mol. The van der Waals surface area contributed by atoms with E-state index in [4.69, 9.17) is 0 Å². The predicted octanol–water partition coefficient (Wildman–Crippen LogP) is 3.18. The van der Waals surface area contributed by atoms with Gasteiger partial charge in [-0.1, -0.05) is 19.9 Å². The largest absolute Gasteiger partial charge is 0.394 e. The topological polar surface area (TPSA) is 35.5 Å². The van der Waals surface area contributed by atoms with Gasteiger partial charge in [-0.05, 0) is 50.4 Å². The normalized spacial score (nSPS) is 14.0. The lowest BCUT2D eigenvalue weighted by Gasteiger charge is -2.33. The average Bonchev–Trinajstić information content (AvgIpc) is 2.51. The van der Waals surface area contributed by atoms with Crippen molar-refractivity contribution in [2.24, 2.45) is 0 Å². The van der Waals surface area contributed by atoms with Gasteiger partial charge in [-0.25, -0.2) is 4.39 Å². The number of hydrogen-bond acceptors (Lipinski definition) is 3. The van der Waals surface area contributed by atoms with Crippen LogP contribution in [0.15, 0.2) is 24.3 Å². The number of aliphatic hydroxyl groups is 1. The first-order valence-electron chi connectivity index (χ1n) is 7.89. The fourth-order valence-electron chi connectivity index (χ4n) is 2.52. The molecule has 0 radical (unpaired) electrons. The Labute approximate surface area is 128 Å². The molecule has 0 aliphatic carbocycles. The number of rotatable bonds is 10. The fourth-order valence-corrected chi connectivity index (χ4v) is 2.52. The Morgan fingerprint density at radius 2 is 2.10 bits per heavy atom.